The van der Waals surface area contributed by atoms with Crippen LogP contribution in [-0.4, -0.2) is 32.6 Å². The SMILES string of the molecule is C=CC/N=C/S/C(C=O)=C/c1ccc(OC)cc1OC. The molecule has 5 heteroatoms. The van der Waals surface area contributed by atoms with E-state index in [2.05, 4.69) is 11.6 Å². The molecule has 0 aliphatic carbocycles. The predicted molar refractivity (Wildman–Crippen MR) is 84.7 cm³/mol. The number of hydrogen-bond acceptors (Lipinski definition) is 5. The van der Waals surface area contributed by atoms with E-state index >= 15 is 0 Å². The molecule has 0 amide bonds. The molecule has 0 heterocycles. The minimum atomic E-state index is 0.533. The molecule has 0 N–H and O–H groups in total. The topological polar surface area (TPSA) is 47.9 Å². The molecule has 1 rings (SSSR count). The first kappa shape index (κ1) is 16.0. The molecule has 0 aromatic heterocycles. The second kappa shape index (κ2) is 8.98. The summed E-state index contributed by atoms with van der Waals surface area (Å²) in [6, 6.07) is 5.42. The fraction of sp³-hybridized carbons (Fsp3) is 0.200. The molecule has 0 atom stereocenters. The van der Waals surface area contributed by atoms with Crippen molar-refractivity contribution in [1.82, 2.24) is 0 Å². The number of methoxy groups -OCH3 is 2. The molecule has 4 nitrogen and oxygen atoms in total. The summed E-state index contributed by atoms with van der Waals surface area (Å²) in [6.07, 6.45) is 4.22. The van der Waals surface area contributed by atoms with Crippen LogP contribution in [0.15, 0.2) is 40.8 Å². The van der Waals surface area contributed by atoms with E-state index in [1.54, 1.807) is 38.0 Å². The smallest absolute Gasteiger partial charge is 0.156 e. The number of benzene rings is 1. The van der Waals surface area contributed by atoms with Gasteiger partial charge in [0, 0.05) is 11.6 Å². The Hall–Kier alpha value is -2.01. The molecule has 20 heavy (non-hydrogen) atoms. The van der Waals surface area contributed by atoms with E-state index in [-0.39, 0.29) is 0 Å². The zero-order chi connectivity index (χ0) is 14.8. The van der Waals surface area contributed by atoms with E-state index < -0.39 is 0 Å². The molecule has 106 valence electrons. The van der Waals surface area contributed by atoms with Crippen LogP contribution in [-0.2, 0) is 4.79 Å². The zero-order valence-electron chi connectivity index (χ0n) is 11.5. The van der Waals surface area contributed by atoms with Gasteiger partial charge in [0.1, 0.15) is 11.5 Å². The molecule has 0 unspecified atom stereocenters. The minimum absolute atomic E-state index is 0.533. The van der Waals surface area contributed by atoms with Gasteiger partial charge in [-0.05, 0) is 18.2 Å². The van der Waals surface area contributed by atoms with E-state index in [4.69, 9.17) is 9.47 Å². The standard InChI is InChI=1S/C15H17NO3S/c1-4-7-16-11-20-14(10-17)8-12-5-6-13(18-2)9-15(12)19-3/h4-6,8-11H,1,7H2,2-3H3/b14-8+,16-11+. The quantitative estimate of drug-likeness (QED) is 0.243. The van der Waals surface area contributed by atoms with Gasteiger partial charge in [-0.1, -0.05) is 17.8 Å². The number of hydrogen-bond donors (Lipinski definition) is 0. The molecule has 0 bridgehead atoms. The van der Waals surface area contributed by atoms with E-state index in [1.165, 1.54) is 11.8 Å². The Morgan fingerprint density at radius 1 is 1.40 bits per heavy atom. The number of carbonyl (C=O) groups excluding carboxylic acids is 1. The van der Waals surface area contributed by atoms with Gasteiger partial charge < -0.3 is 9.47 Å². The van der Waals surface area contributed by atoms with Crippen LogP contribution in [0.2, 0.25) is 0 Å². The Morgan fingerprint density at radius 3 is 2.80 bits per heavy atom. The number of carbonyl (C=O) groups is 1. The summed E-state index contributed by atoms with van der Waals surface area (Å²) in [4.78, 5) is 15.7. The number of rotatable bonds is 8. The van der Waals surface area contributed by atoms with Crippen molar-refractivity contribution in [2.45, 2.75) is 0 Å². The van der Waals surface area contributed by atoms with Gasteiger partial charge in [0.05, 0.1) is 31.2 Å². The van der Waals surface area contributed by atoms with Crippen LogP contribution in [0.5, 0.6) is 11.5 Å². The van der Waals surface area contributed by atoms with Crippen LogP contribution in [0, 0.1) is 0 Å². The average molecular weight is 291 g/mol. The molecule has 0 aliphatic rings. The molecule has 0 fully saturated rings. The number of thioether (sulfide) groups is 1. The van der Waals surface area contributed by atoms with Crippen LogP contribution in [0.4, 0.5) is 0 Å². The van der Waals surface area contributed by atoms with E-state index in [0.29, 0.717) is 22.9 Å². The van der Waals surface area contributed by atoms with Crippen LogP contribution >= 0.6 is 11.8 Å². The Bertz CT molecular complexity index is 524. The Morgan fingerprint density at radius 2 is 2.20 bits per heavy atom. The number of nitrogens with zero attached hydrogens (tertiary/aromatic N) is 1. The molecule has 0 saturated heterocycles. The minimum Gasteiger partial charge on any atom is -0.497 e. The van der Waals surface area contributed by atoms with E-state index in [9.17, 15) is 4.79 Å². The highest BCUT2D eigenvalue weighted by atomic mass is 32.2. The van der Waals surface area contributed by atoms with Gasteiger partial charge >= 0.3 is 0 Å². The van der Waals surface area contributed by atoms with Crippen molar-refractivity contribution in [2.24, 2.45) is 4.99 Å². The van der Waals surface area contributed by atoms with Crippen LogP contribution < -0.4 is 9.47 Å². The average Bonchev–Trinajstić information content (AvgIpc) is 2.50. The number of aldehydes is 1. The first-order valence-corrected chi connectivity index (χ1v) is 6.77. The maximum Gasteiger partial charge on any atom is 0.156 e. The molecular weight excluding hydrogens is 274 g/mol. The molecule has 1 aromatic carbocycles. The molecule has 0 saturated carbocycles. The Balaban J connectivity index is 2.94. The van der Waals surface area contributed by atoms with E-state index in [0.717, 1.165) is 11.8 Å². The highest BCUT2D eigenvalue weighted by Crippen LogP contribution is 2.27. The summed E-state index contributed by atoms with van der Waals surface area (Å²) in [5, 5.41) is 0. The van der Waals surface area contributed by atoms with Gasteiger partial charge in [0.15, 0.2) is 6.29 Å². The summed E-state index contributed by atoms with van der Waals surface area (Å²) < 4.78 is 10.4. The number of aliphatic imine (C=N–C) groups is 1. The second-order valence-corrected chi connectivity index (χ2v) is 4.57. The van der Waals surface area contributed by atoms with Crippen LogP contribution in [0.1, 0.15) is 5.56 Å². The summed E-state index contributed by atoms with van der Waals surface area (Å²) in [5.74, 6) is 1.35. The predicted octanol–water partition coefficient (Wildman–Crippen LogP) is 3.19. The first-order valence-electron chi connectivity index (χ1n) is 5.90. The fourth-order valence-electron chi connectivity index (χ4n) is 1.40. The lowest BCUT2D eigenvalue weighted by Crippen LogP contribution is -1.90. The first-order chi connectivity index (χ1) is 9.74. The van der Waals surface area contributed by atoms with Gasteiger partial charge in [-0.3, -0.25) is 9.79 Å². The highest BCUT2D eigenvalue weighted by Gasteiger charge is 2.04. The van der Waals surface area contributed by atoms with Crippen molar-refractivity contribution < 1.29 is 14.3 Å². The molecular formula is C15H17NO3S. The molecule has 0 radical (unpaired) electrons. The van der Waals surface area contributed by atoms with Crippen molar-refractivity contribution in [2.75, 3.05) is 20.8 Å². The largest absolute Gasteiger partial charge is 0.497 e. The van der Waals surface area contributed by atoms with Gasteiger partial charge in [0.2, 0.25) is 0 Å². The monoisotopic (exact) mass is 291 g/mol. The Labute approximate surface area is 123 Å². The summed E-state index contributed by atoms with van der Waals surface area (Å²) in [6.45, 7) is 4.10. The second-order valence-electron chi connectivity index (χ2n) is 3.65. The summed E-state index contributed by atoms with van der Waals surface area (Å²) >= 11 is 1.25. The summed E-state index contributed by atoms with van der Waals surface area (Å²) in [7, 11) is 3.17. The van der Waals surface area contributed by atoms with Crippen LogP contribution in [0.3, 0.4) is 0 Å². The maximum atomic E-state index is 11.1. The van der Waals surface area contributed by atoms with E-state index in [1.807, 2.05) is 12.1 Å². The van der Waals surface area contributed by atoms with Gasteiger partial charge in [-0.15, -0.1) is 6.58 Å². The normalized spacial score (nSPS) is 11.4. The third kappa shape index (κ3) is 4.93. The van der Waals surface area contributed by atoms with Crippen molar-refractivity contribution in [3.05, 3.63) is 41.3 Å². The van der Waals surface area contributed by atoms with Gasteiger partial charge in [-0.25, -0.2) is 0 Å². The van der Waals surface area contributed by atoms with Crippen molar-refractivity contribution in [3.8, 4) is 11.5 Å². The van der Waals surface area contributed by atoms with Crippen molar-refractivity contribution in [1.29, 1.82) is 0 Å². The van der Waals surface area contributed by atoms with Gasteiger partial charge in [-0.2, -0.15) is 0 Å². The lowest BCUT2D eigenvalue weighted by Gasteiger charge is -2.07. The van der Waals surface area contributed by atoms with Gasteiger partial charge in [0.25, 0.3) is 0 Å². The summed E-state index contributed by atoms with van der Waals surface area (Å²) in [5.41, 5.74) is 2.43. The fourth-order valence-corrected chi connectivity index (χ4v) is 1.94. The number of ether oxygens (including phenoxy) is 2. The maximum absolute atomic E-state index is 11.1. The number of allylic oxidation sites excluding steroid dienone is 1. The van der Waals surface area contributed by atoms with Crippen molar-refractivity contribution >= 4 is 29.7 Å². The lowest BCUT2D eigenvalue weighted by molar-refractivity contribution is -0.104. The third-order valence-electron chi connectivity index (χ3n) is 2.35. The highest BCUT2D eigenvalue weighted by molar-refractivity contribution is 8.16. The van der Waals surface area contributed by atoms with Crippen molar-refractivity contribution in [3.63, 3.8) is 0 Å². The Kier molecular flexibility index (Phi) is 7.21. The molecule has 0 aliphatic heterocycles. The van der Waals surface area contributed by atoms with Crippen LogP contribution in [0.25, 0.3) is 6.08 Å². The zero-order valence-corrected chi connectivity index (χ0v) is 12.4. The molecule has 0 spiro atoms. The molecule has 1 aromatic rings. The lowest BCUT2D eigenvalue weighted by atomic mass is 10.2. The third-order valence-corrected chi connectivity index (χ3v) is 3.09.